The second kappa shape index (κ2) is 7.06. The normalized spacial score (nSPS) is 20.9. The van der Waals surface area contributed by atoms with Crippen LogP contribution in [0.1, 0.15) is 48.3 Å². The Labute approximate surface area is 158 Å². The van der Waals surface area contributed by atoms with Crippen LogP contribution in [0.15, 0.2) is 36.4 Å². The standard InChI is InChI=1S/C22H23NO4/c1-26-16-10-7-14(8-11-16)19-13-15-9-12-20(27-2)22(23(24)25)21(15)18-6-4-3-5-17(18)19/h7-13,17-18H,3-6H2,1-2H3/t17-,18+/m0/s1. The molecule has 0 aromatic heterocycles. The molecule has 0 bridgehead atoms. The Kier molecular flexibility index (Phi) is 4.60. The fourth-order valence-electron chi connectivity index (χ4n) is 4.68. The third-order valence-corrected chi connectivity index (χ3v) is 5.89. The maximum Gasteiger partial charge on any atom is 0.314 e. The van der Waals surface area contributed by atoms with Gasteiger partial charge >= 0.3 is 5.69 Å². The van der Waals surface area contributed by atoms with Gasteiger partial charge in [0.1, 0.15) is 5.75 Å². The molecule has 0 aliphatic heterocycles. The molecule has 5 heteroatoms. The van der Waals surface area contributed by atoms with Crippen LogP contribution in [0.5, 0.6) is 11.5 Å². The number of fused-ring (bicyclic) bond motifs is 3. The molecule has 1 fully saturated rings. The van der Waals surface area contributed by atoms with E-state index in [2.05, 4.69) is 18.2 Å². The van der Waals surface area contributed by atoms with E-state index in [1.165, 1.54) is 12.7 Å². The molecule has 27 heavy (non-hydrogen) atoms. The molecule has 5 nitrogen and oxygen atoms in total. The summed E-state index contributed by atoms with van der Waals surface area (Å²) < 4.78 is 10.6. The molecule has 0 amide bonds. The van der Waals surface area contributed by atoms with Crippen LogP contribution in [0.4, 0.5) is 5.69 Å². The summed E-state index contributed by atoms with van der Waals surface area (Å²) in [6, 6.07) is 11.8. The van der Waals surface area contributed by atoms with Crippen molar-refractivity contribution in [1.82, 2.24) is 0 Å². The molecule has 0 N–H and O–H groups in total. The van der Waals surface area contributed by atoms with Crippen LogP contribution < -0.4 is 9.47 Å². The topological polar surface area (TPSA) is 61.6 Å². The first-order valence-electron chi connectivity index (χ1n) is 9.35. The minimum Gasteiger partial charge on any atom is -0.497 e. The molecule has 2 aliphatic rings. The van der Waals surface area contributed by atoms with Gasteiger partial charge in [-0.05, 0) is 59.6 Å². The fourth-order valence-corrected chi connectivity index (χ4v) is 4.68. The fraction of sp³-hybridized carbons (Fsp3) is 0.364. The van der Waals surface area contributed by atoms with Crippen molar-refractivity contribution >= 4 is 17.3 Å². The summed E-state index contributed by atoms with van der Waals surface area (Å²) in [4.78, 5) is 11.6. The second-order valence-corrected chi connectivity index (χ2v) is 7.20. The number of benzene rings is 2. The van der Waals surface area contributed by atoms with Crippen LogP contribution in [0.2, 0.25) is 0 Å². The molecule has 0 spiro atoms. The first kappa shape index (κ1) is 17.6. The Morgan fingerprint density at radius 2 is 1.67 bits per heavy atom. The zero-order valence-electron chi connectivity index (χ0n) is 15.6. The predicted molar refractivity (Wildman–Crippen MR) is 105 cm³/mol. The van der Waals surface area contributed by atoms with E-state index in [4.69, 9.17) is 9.47 Å². The first-order chi connectivity index (χ1) is 13.1. The Hall–Kier alpha value is -2.82. The number of hydrogen-bond donors (Lipinski definition) is 0. The largest absolute Gasteiger partial charge is 0.497 e. The van der Waals surface area contributed by atoms with E-state index in [1.807, 2.05) is 18.2 Å². The van der Waals surface area contributed by atoms with Crippen molar-refractivity contribution in [2.75, 3.05) is 14.2 Å². The molecular formula is C22H23NO4. The van der Waals surface area contributed by atoms with Crippen LogP contribution in [0.25, 0.3) is 11.6 Å². The van der Waals surface area contributed by atoms with Gasteiger partial charge in [-0.3, -0.25) is 10.1 Å². The Morgan fingerprint density at radius 3 is 2.30 bits per heavy atom. The van der Waals surface area contributed by atoms with Crippen LogP contribution in [-0.4, -0.2) is 19.1 Å². The number of rotatable bonds is 4. The molecule has 0 heterocycles. The molecular weight excluding hydrogens is 342 g/mol. The number of hydrogen-bond acceptors (Lipinski definition) is 4. The molecule has 2 atom stereocenters. The van der Waals surface area contributed by atoms with Crippen molar-refractivity contribution in [3.8, 4) is 11.5 Å². The zero-order valence-corrected chi connectivity index (χ0v) is 15.6. The van der Waals surface area contributed by atoms with Crippen molar-refractivity contribution in [2.45, 2.75) is 31.6 Å². The van der Waals surface area contributed by atoms with E-state index in [-0.39, 0.29) is 16.5 Å². The van der Waals surface area contributed by atoms with Crippen LogP contribution in [0.3, 0.4) is 0 Å². The zero-order chi connectivity index (χ0) is 19.0. The maximum atomic E-state index is 11.8. The van der Waals surface area contributed by atoms with E-state index in [0.717, 1.165) is 48.1 Å². The summed E-state index contributed by atoms with van der Waals surface area (Å²) in [6.45, 7) is 0. The highest BCUT2D eigenvalue weighted by Crippen LogP contribution is 2.54. The van der Waals surface area contributed by atoms with Crippen LogP contribution in [-0.2, 0) is 0 Å². The smallest absolute Gasteiger partial charge is 0.314 e. The van der Waals surface area contributed by atoms with Gasteiger partial charge in [0.05, 0.1) is 19.1 Å². The van der Waals surface area contributed by atoms with Crippen molar-refractivity contribution in [3.05, 3.63) is 63.2 Å². The maximum absolute atomic E-state index is 11.8. The van der Waals surface area contributed by atoms with E-state index in [1.54, 1.807) is 13.2 Å². The lowest BCUT2D eigenvalue weighted by atomic mass is 9.66. The number of methoxy groups -OCH3 is 2. The number of nitrogens with zero attached hydrogens (tertiary/aromatic N) is 1. The van der Waals surface area contributed by atoms with Gasteiger partial charge in [-0.2, -0.15) is 0 Å². The SMILES string of the molecule is COc1ccc(C2=Cc3ccc(OC)c([N+](=O)[O-])c3[C@@H]3CCCC[C@H]23)cc1. The van der Waals surface area contributed by atoms with Gasteiger partial charge in [-0.1, -0.05) is 37.1 Å². The lowest BCUT2D eigenvalue weighted by molar-refractivity contribution is -0.386. The second-order valence-electron chi connectivity index (χ2n) is 7.20. The molecule has 2 aromatic carbocycles. The number of allylic oxidation sites excluding steroid dienone is 1. The van der Waals surface area contributed by atoms with Crippen molar-refractivity contribution < 1.29 is 14.4 Å². The third kappa shape index (κ3) is 2.97. The Morgan fingerprint density at radius 1 is 0.963 bits per heavy atom. The van der Waals surface area contributed by atoms with Crippen molar-refractivity contribution in [1.29, 1.82) is 0 Å². The van der Waals surface area contributed by atoms with E-state index in [0.29, 0.717) is 11.7 Å². The van der Waals surface area contributed by atoms with E-state index < -0.39 is 0 Å². The highest BCUT2D eigenvalue weighted by atomic mass is 16.6. The number of nitro benzene ring substituents is 1. The molecule has 140 valence electrons. The molecule has 2 aromatic rings. The quantitative estimate of drug-likeness (QED) is 0.535. The summed E-state index contributed by atoms with van der Waals surface area (Å²) in [5.74, 6) is 1.64. The minimum atomic E-state index is -0.282. The lowest BCUT2D eigenvalue weighted by Gasteiger charge is -2.37. The average molecular weight is 365 g/mol. The van der Waals surface area contributed by atoms with Crippen molar-refractivity contribution in [2.24, 2.45) is 5.92 Å². The van der Waals surface area contributed by atoms with Gasteiger partial charge in [0, 0.05) is 5.56 Å². The van der Waals surface area contributed by atoms with Crippen LogP contribution >= 0.6 is 0 Å². The van der Waals surface area contributed by atoms with Gasteiger partial charge in [0.15, 0.2) is 5.75 Å². The predicted octanol–water partition coefficient (Wildman–Crippen LogP) is 5.44. The molecule has 0 unspecified atom stereocenters. The highest BCUT2D eigenvalue weighted by Gasteiger charge is 2.39. The molecule has 1 saturated carbocycles. The summed E-state index contributed by atoms with van der Waals surface area (Å²) in [7, 11) is 3.16. The minimum absolute atomic E-state index is 0.136. The van der Waals surface area contributed by atoms with E-state index >= 15 is 0 Å². The lowest BCUT2D eigenvalue weighted by Crippen LogP contribution is -2.24. The summed E-state index contributed by atoms with van der Waals surface area (Å²) in [6.07, 6.45) is 6.41. The number of nitro groups is 1. The third-order valence-electron chi connectivity index (χ3n) is 5.89. The van der Waals surface area contributed by atoms with Gasteiger partial charge in [0.2, 0.25) is 0 Å². The molecule has 2 aliphatic carbocycles. The average Bonchev–Trinajstić information content (AvgIpc) is 2.72. The summed E-state index contributed by atoms with van der Waals surface area (Å²) in [5.41, 5.74) is 4.36. The van der Waals surface area contributed by atoms with Gasteiger partial charge in [-0.25, -0.2) is 0 Å². The summed E-state index contributed by atoms with van der Waals surface area (Å²) >= 11 is 0. The van der Waals surface area contributed by atoms with E-state index in [9.17, 15) is 10.1 Å². The Bertz CT molecular complexity index is 901. The molecule has 0 radical (unpaired) electrons. The van der Waals surface area contributed by atoms with Gasteiger partial charge in [0.25, 0.3) is 0 Å². The highest BCUT2D eigenvalue weighted by molar-refractivity contribution is 5.88. The molecule has 0 saturated heterocycles. The monoisotopic (exact) mass is 365 g/mol. The van der Waals surface area contributed by atoms with Gasteiger partial charge < -0.3 is 9.47 Å². The number of ether oxygens (including phenoxy) is 2. The first-order valence-corrected chi connectivity index (χ1v) is 9.35. The molecule has 4 rings (SSSR count). The van der Waals surface area contributed by atoms with Gasteiger partial charge in [-0.15, -0.1) is 0 Å². The van der Waals surface area contributed by atoms with Crippen molar-refractivity contribution in [3.63, 3.8) is 0 Å². The summed E-state index contributed by atoms with van der Waals surface area (Å²) in [5, 5.41) is 11.8. The Balaban J connectivity index is 1.90. The van der Waals surface area contributed by atoms with Crippen LogP contribution in [0, 0.1) is 16.0 Å².